The van der Waals surface area contributed by atoms with Gasteiger partial charge in [0.1, 0.15) is 11.6 Å². The number of hydrogen-bond donors (Lipinski definition) is 0. The van der Waals surface area contributed by atoms with Gasteiger partial charge in [0.15, 0.2) is 6.61 Å². The Morgan fingerprint density at radius 3 is 2.86 bits per heavy atom. The first-order valence-corrected chi connectivity index (χ1v) is 6.68. The molecule has 0 unspecified atom stereocenters. The van der Waals surface area contributed by atoms with Crippen molar-refractivity contribution in [2.24, 2.45) is 0 Å². The van der Waals surface area contributed by atoms with E-state index in [0.29, 0.717) is 23.6 Å². The molecular weight excluding hydrogens is 297 g/mol. The number of hydrogen-bond acceptors (Lipinski definition) is 4. The van der Waals surface area contributed by atoms with Crippen LogP contribution in [0, 0.1) is 5.82 Å². The third-order valence-corrected chi connectivity index (χ3v) is 2.92. The minimum atomic E-state index is -0.520. The van der Waals surface area contributed by atoms with Crippen LogP contribution in [0.25, 0.3) is 11.3 Å². The summed E-state index contributed by atoms with van der Waals surface area (Å²) < 4.78 is 23.5. The van der Waals surface area contributed by atoms with Crippen LogP contribution in [0.3, 0.4) is 0 Å². The molecule has 2 aromatic rings. The Morgan fingerprint density at radius 1 is 1.33 bits per heavy atom. The number of pyridine rings is 1. The van der Waals surface area contributed by atoms with Crippen LogP contribution >= 0.6 is 11.6 Å². The van der Waals surface area contributed by atoms with Crippen molar-refractivity contribution in [3.8, 4) is 17.0 Å². The van der Waals surface area contributed by atoms with Crippen LogP contribution in [0.2, 0.25) is 5.02 Å². The van der Waals surface area contributed by atoms with Gasteiger partial charge in [-0.25, -0.2) is 9.18 Å². The Balaban J connectivity index is 2.13. The minimum Gasteiger partial charge on any atom is -0.482 e. The number of rotatable bonds is 5. The lowest BCUT2D eigenvalue weighted by molar-refractivity contribution is -0.145. The van der Waals surface area contributed by atoms with Gasteiger partial charge in [-0.3, -0.25) is 4.98 Å². The highest BCUT2D eigenvalue weighted by Crippen LogP contribution is 2.25. The van der Waals surface area contributed by atoms with E-state index in [4.69, 9.17) is 21.1 Å². The molecule has 110 valence electrons. The molecule has 0 atom stereocenters. The predicted octanol–water partition coefficient (Wildman–Crippen LogP) is 3.48. The highest BCUT2D eigenvalue weighted by atomic mass is 35.5. The smallest absolute Gasteiger partial charge is 0.344 e. The summed E-state index contributed by atoms with van der Waals surface area (Å²) in [6, 6.07) is 7.62. The Labute approximate surface area is 126 Å². The van der Waals surface area contributed by atoms with E-state index in [9.17, 15) is 9.18 Å². The molecule has 21 heavy (non-hydrogen) atoms. The topological polar surface area (TPSA) is 48.4 Å². The standard InChI is InChI=1S/C15H13ClFNO3/c1-2-20-15(19)9-21-11-5-6-18-14(8-11)10-3-4-12(16)13(17)7-10/h3-8H,2,9H2,1H3. The van der Waals surface area contributed by atoms with E-state index in [0.717, 1.165) is 0 Å². The van der Waals surface area contributed by atoms with E-state index in [1.807, 2.05) is 0 Å². The number of ether oxygens (including phenoxy) is 2. The number of carbonyl (C=O) groups excluding carboxylic acids is 1. The molecule has 2 rings (SSSR count). The third-order valence-electron chi connectivity index (χ3n) is 2.61. The minimum absolute atomic E-state index is 0.0495. The van der Waals surface area contributed by atoms with E-state index < -0.39 is 11.8 Å². The average molecular weight is 310 g/mol. The lowest BCUT2D eigenvalue weighted by Gasteiger charge is -2.07. The summed E-state index contributed by atoms with van der Waals surface area (Å²) in [7, 11) is 0. The van der Waals surface area contributed by atoms with Crippen molar-refractivity contribution in [3.63, 3.8) is 0 Å². The predicted molar refractivity (Wildman–Crippen MR) is 76.8 cm³/mol. The van der Waals surface area contributed by atoms with Crippen molar-refractivity contribution in [1.29, 1.82) is 0 Å². The van der Waals surface area contributed by atoms with Crippen molar-refractivity contribution in [3.05, 3.63) is 47.4 Å². The first-order valence-electron chi connectivity index (χ1n) is 6.30. The highest BCUT2D eigenvalue weighted by molar-refractivity contribution is 6.30. The summed E-state index contributed by atoms with van der Waals surface area (Å²) in [5.41, 5.74) is 1.09. The van der Waals surface area contributed by atoms with Crippen molar-refractivity contribution in [1.82, 2.24) is 4.98 Å². The number of benzene rings is 1. The zero-order valence-corrected chi connectivity index (χ0v) is 12.1. The van der Waals surface area contributed by atoms with Gasteiger partial charge in [-0.1, -0.05) is 17.7 Å². The Bertz CT molecular complexity index is 649. The van der Waals surface area contributed by atoms with E-state index in [2.05, 4.69) is 4.98 Å². The molecule has 1 aromatic carbocycles. The fourth-order valence-electron chi connectivity index (χ4n) is 1.66. The van der Waals surface area contributed by atoms with Crippen molar-refractivity contribution in [2.75, 3.05) is 13.2 Å². The summed E-state index contributed by atoms with van der Waals surface area (Å²) in [6.07, 6.45) is 1.52. The van der Waals surface area contributed by atoms with E-state index >= 15 is 0 Å². The Hall–Kier alpha value is -2.14. The monoisotopic (exact) mass is 309 g/mol. The van der Waals surface area contributed by atoms with Gasteiger partial charge in [-0.05, 0) is 25.1 Å². The van der Waals surface area contributed by atoms with E-state index in [-0.39, 0.29) is 11.6 Å². The number of esters is 1. The van der Waals surface area contributed by atoms with Gasteiger partial charge in [-0.15, -0.1) is 0 Å². The maximum absolute atomic E-state index is 13.5. The normalized spacial score (nSPS) is 10.2. The largest absolute Gasteiger partial charge is 0.482 e. The van der Waals surface area contributed by atoms with Gasteiger partial charge in [0.2, 0.25) is 0 Å². The summed E-state index contributed by atoms with van der Waals surface area (Å²) in [5.74, 6) is -0.523. The second-order valence-electron chi connectivity index (χ2n) is 4.10. The first-order chi connectivity index (χ1) is 10.1. The lowest BCUT2D eigenvalue weighted by Crippen LogP contribution is -2.14. The van der Waals surface area contributed by atoms with Crippen LogP contribution in [0.5, 0.6) is 5.75 Å². The molecule has 0 fully saturated rings. The second kappa shape index (κ2) is 7.04. The maximum Gasteiger partial charge on any atom is 0.344 e. The zero-order valence-electron chi connectivity index (χ0n) is 11.3. The molecule has 0 saturated heterocycles. The molecule has 1 aromatic heterocycles. The third kappa shape index (κ3) is 4.16. The second-order valence-corrected chi connectivity index (χ2v) is 4.51. The van der Waals surface area contributed by atoms with Crippen molar-refractivity contribution >= 4 is 17.6 Å². The van der Waals surface area contributed by atoms with Gasteiger partial charge >= 0.3 is 5.97 Å². The van der Waals surface area contributed by atoms with Gasteiger partial charge in [-0.2, -0.15) is 0 Å². The molecule has 0 aliphatic carbocycles. The molecule has 0 radical (unpaired) electrons. The zero-order chi connectivity index (χ0) is 15.2. The highest BCUT2D eigenvalue weighted by Gasteiger charge is 2.07. The first kappa shape index (κ1) is 15.3. The number of aromatic nitrogens is 1. The molecule has 0 N–H and O–H groups in total. The summed E-state index contributed by atoms with van der Waals surface area (Å²) in [6.45, 7) is 1.83. The number of carbonyl (C=O) groups is 1. The van der Waals surface area contributed by atoms with Crippen molar-refractivity contribution in [2.45, 2.75) is 6.92 Å². The van der Waals surface area contributed by atoms with Gasteiger partial charge in [0, 0.05) is 17.8 Å². The van der Waals surface area contributed by atoms with Gasteiger partial charge in [0.25, 0.3) is 0 Å². The quantitative estimate of drug-likeness (QED) is 0.793. The molecule has 4 nitrogen and oxygen atoms in total. The molecule has 1 heterocycles. The molecule has 0 bridgehead atoms. The molecule has 0 aliphatic rings. The molecule has 0 aliphatic heterocycles. The van der Waals surface area contributed by atoms with Crippen LogP contribution in [0.4, 0.5) is 4.39 Å². The van der Waals surface area contributed by atoms with Gasteiger partial charge < -0.3 is 9.47 Å². The van der Waals surface area contributed by atoms with Crippen LogP contribution in [0.1, 0.15) is 6.92 Å². The van der Waals surface area contributed by atoms with E-state index in [1.165, 1.54) is 18.3 Å². The molecular formula is C15H13ClFNO3. The summed E-state index contributed by atoms with van der Waals surface area (Å²) in [5, 5.41) is 0.0495. The molecule has 0 amide bonds. The number of halogens is 2. The fourth-order valence-corrected chi connectivity index (χ4v) is 1.78. The lowest BCUT2D eigenvalue weighted by atomic mass is 10.1. The Morgan fingerprint density at radius 2 is 2.14 bits per heavy atom. The average Bonchev–Trinajstić information content (AvgIpc) is 2.49. The SMILES string of the molecule is CCOC(=O)COc1ccnc(-c2ccc(Cl)c(F)c2)c1. The fraction of sp³-hybridized carbons (Fsp3) is 0.200. The molecule has 6 heteroatoms. The molecule has 0 saturated carbocycles. The van der Waals surface area contributed by atoms with Crippen LogP contribution < -0.4 is 4.74 Å². The number of nitrogens with zero attached hydrogens (tertiary/aromatic N) is 1. The van der Waals surface area contributed by atoms with E-state index in [1.54, 1.807) is 25.1 Å². The van der Waals surface area contributed by atoms with Crippen LogP contribution in [-0.4, -0.2) is 24.2 Å². The van der Waals surface area contributed by atoms with Crippen LogP contribution in [-0.2, 0) is 9.53 Å². The maximum atomic E-state index is 13.5. The Kier molecular flexibility index (Phi) is 5.11. The van der Waals surface area contributed by atoms with Crippen molar-refractivity contribution < 1.29 is 18.7 Å². The summed E-state index contributed by atoms with van der Waals surface area (Å²) in [4.78, 5) is 15.4. The summed E-state index contributed by atoms with van der Waals surface area (Å²) >= 11 is 5.64. The van der Waals surface area contributed by atoms with Crippen LogP contribution in [0.15, 0.2) is 36.5 Å². The molecule has 0 spiro atoms. The van der Waals surface area contributed by atoms with Gasteiger partial charge in [0.05, 0.1) is 17.3 Å².